The number of carbonyl (C=O) groups excluding carboxylic acids is 1. The van der Waals surface area contributed by atoms with E-state index in [1.807, 2.05) is 60.7 Å². The second-order valence-corrected chi connectivity index (χ2v) is 11.9. The molecule has 2 rings (SSSR count). The molecule has 0 fully saturated rings. The smallest absolute Gasteiger partial charge is 0.322 e. The van der Waals surface area contributed by atoms with Gasteiger partial charge in [0.25, 0.3) is 8.32 Å². The lowest BCUT2D eigenvalue weighted by Gasteiger charge is -2.41. The molecule has 28 heavy (non-hydrogen) atoms. The summed E-state index contributed by atoms with van der Waals surface area (Å²) < 4.78 is 5.25. The molecule has 2 aromatic carbocycles. The monoisotopic (exact) mass is 399 g/mol. The van der Waals surface area contributed by atoms with Crippen molar-refractivity contribution in [2.24, 2.45) is 5.73 Å². The molecule has 0 bridgehead atoms. The first-order valence-corrected chi connectivity index (χ1v) is 12.0. The molecule has 5 heteroatoms. The first-order valence-electron chi connectivity index (χ1n) is 10.1. The lowest BCUT2D eigenvalue weighted by atomic mass is 10.0. The molecule has 0 spiro atoms. The molecule has 4 nitrogen and oxygen atoms in total. The predicted molar refractivity (Wildman–Crippen MR) is 117 cm³/mol. The maximum absolute atomic E-state index is 12.1. The Kier molecular flexibility index (Phi) is 7.98. The summed E-state index contributed by atoms with van der Waals surface area (Å²) in [6, 6.07) is 19.1. The summed E-state index contributed by atoms with van der Waals surface area (Å²) in [5, 5.41) is 1.51. The van der Waals surface area contributed by atoms with Crippen molar-refractivity contribution in [3.8, 4) is 0 Å². The van der Waals surface area contributed by atoms with Gasteiger partial charge in [0.15, 0.2) is 0 Å². The van der Waals surface area contributed by atoms with E-state index in [-0.39, 0.29) is 5.97 Å². The summed E-state index contributed by atoms with van der Waals surface area (Å²) in [5.74, 6) is -0.353. The van der Waals surface area contributed by atoms with Crippen LogP contribution in [0, 0.1) is 0 Å². The highest BCUT2D eigenvalue weighted by molar-refractivity contribution is 6.98. The topological polar surface area (TPSA) is 72.5 Å². The Bertz CT molecular complexity index is 695. The minimum Gasteiger partial charge on any atom is -0.465 e. The van der Waals surface area contributed by atoms with Crippen LogP contribution in [0.2, 0.25) is 5.04 Å². The summed E-state index contributed by atoms with van der Waals surface area (Å²) in [5.41, 5.74) is 6.09. The highest BCUT2D eigenvalue weighted by Crippen LogP contribution is 2.40. The number of carbonyl (C=O) groups is 1. The molecule has 3 N–H and O–H groups in total. The summed E-state index contributed by atoms with van der Waals surface area (Å²) in [6.45, 7) is 6.62. The van der Waals surface area contributed by atoms with Gasteiger partial charge in [0.2, 0.25) is 0 Å². The van der Waals surface area contributed by atoms with Gasteiger partial charge in [0.05, 0.1) is 6.61 Å². The minimum atomic E-state index is -3.07. The maximum Gasteiger partial charge on any atom is 0.322 e. The number of nitrogens with two attached hydrogens (primary N) is 1. The van der Waals surface area contributed by atoms with E-state index in [9.17, 15) is 9.59 Å². The van der Waals surface area contributed by atoms with Crippen molar-refractivity contribution in [2.75, 3.05) is 6.61 Å². The molecular weight excluding hydrogens is 366 g/mol. The molecule has 0 aliphatic heterocycles. The molecule has 0 heterocycles. The number of hydrogen-bond donors (Lipinski definition) is 2. The standard InChI is InChI=1S/C23H33NO3Si/c1-4-5-18-27-22(25)21(24)16-17-23(2,3)28(26,19-12-8-6-9-13-19)20-14-10-7-11-15-20/h6-15,21,26H,4-5,16-18,24H2,1-3H3/t21-/m0/s1. The van der Waals surface area contributed by atoms with Crippen molar-refractivity contribution in [3.05, 3.63) is 60.7 Å². The highest BCUT2D eigenvalue weighted by Gasteiger charge is 2.49. The molecule has 152 valence electrons. The van der Waals surface area contributed by atoms with Crippen LogP contribution in [-0.2, 0) is 9.53 Å². The van der Waals surface area contributed by atoms with E-state index in [0.29, 0.717) is 19.4 Å². The van der Waals surface area contributed by atoms with Crippen LogP contribution in [-0.4, -0.2) is 31.7 Å². The fourth-order valence-electron chi connectivity index (χ4n) is 3.55. The number of hydrogen-bond acceptors (Lipinski definition) is 4. The third kappa shape index (κ3) is 5.10. The van der Waals surface area contributed by atoms with Gasteiger partial charge in [-0.3, -0.25) is 4.79 Å². The van der Waals surface area contributed by atoms with E-state index >= 15 is 0 Å². The van der Waals surface area contributed by atoms with Crippen LogP contribution >= 0.6 is 0 Å². The van der Waals surface area contributed by atoms with Gasteiger partial charge in [0.1, 0.15) is 6.04 Å². The first kappa shape index (κ1) is 22.3. The van der Waals surface area contributed by atoms with Crippen molar-refractivity contribution >= 4 is 24.7 Å². The normalized spacial score (nSPS) is 13.2. The van der Waals surface area contributed by atoms with Gasteiger partial charge in [0, 0.05) is 0 Å². The quantitative estimate of drug-likeness (QED) is 0.366. The van der Waals surface area contributed by atoms with Gasteiger partial charge in [-0.2, -0.15) is 0 Å². The zero-order chi connectivity index (χ0) is 20.6. The van der Waals surface area contributed by atoms with Gasteiger partial charge in [-0.1, -0.05) is 87.9 Å². The van der Waals surface area contributed by atoms with Crippen LogP contribution in [0.1, 0.15) is 46.5 Å². The highest BCUT2D eigenvalue weighted by atomic mass is 28.4. The molecule has 0 amide bonds. The molecule has 2 aromatic rings. The first-order chi connectivity index (χ1) is 13.3. The minimum absolute atomic E-state index is 0.353. The summed E-state index contributed by atoms with van der Waals surface area (Å²) in [6.07, 6.45) is 2.93. The fourth-order valence-corrected chi connectivity index (χ4v) is 7.30. The molecular formula is C23H33NO3Si. The van der Waals surface area contributed by atoms with Crippen molar-refractivity contribution < 1.29 is 14.3 Å². The molecule has 0 aliphatic carbocycles. The van der Waals surface area contributed by atoms with E-state index in [0.717, 1.165) is 23.2 Å². The number of esters is 1. The maximum atomic E-state index is 12.1. The van der Waals surface area contributed by atoms with E-state index in [1.54, 1.807) is 0 Å². The lowest BCUT2D eigenvalue weighted by molar-refractivity contribution is -0.145. The molecule has 1 atom stereocenters. The summed E-state index contributed by atoms with van der Waals surface area (Å²) in [7, 11) is -3.07. The Balaban J connectivity index is 2.22. The second-order valence-electron chi connectivity index (χ2n) is 7.99. The van der Waals surface area contributed by atoms with Crippen LogP contribution in [0.5, 0.6) is 0 Å². The van der Waals surface area contributed by atoms with Crippen LogP contribution in [0.15, 0.2) is 60.7 Å². The van der Waals surface area contributed by atoms with Crippen LogP contribution in [0.25, 0.3) is 0 Å². The average Bonchev–Trinajstić information content (AvgIpc) is 2.72. The van der Waals surface area contributed by atoms with E-state index in [4.69, 9.17) is 10.5 Å². The number of rotatable bonds is 10. The van der Waals surface area contributed by atoms with Crippen molar-refractivity contribution in [3.63, 3.8) is 0 Å². The number of ether oxygens (including phenoxy) is 1. The van der Waals surface area contributed by atoms with Gasteiger partial charge in [-0.05, 0) is 34.7 Å². The average molecular weight is 400 g/mol. The third-order valence-electron chi connectivity index (χ3n) is 5.49. The second kappa shape index (κ2) is 10.0. The third-order valence-corrected chi connectivity index (χ3v) is 10.0. The van der Waals surface area contributed by atoms with Gasteiger partial charge in [-0.15, -0.1) is 0 Å². The molecule has 0 aromatic heterocycles. The fraction of sp³-hybridized carbons (Fsp3) is 0.435. The Labute approximate surface area is 169 Å². The van der Waals surface area contributed by atoms with E-state index < -0.39 is 19.4 Å². The largest absolute Gasteiger partial charge is 0.465 e. The Morgan fingerprint density at radius 3 is 2.04 bits per heavy atom. The molecule has 0 saturated heterocycles. The lowest BCUT2D eigenvalue weighted by Crippen LogP contribution is -2.65. The van der Waals surface area contributed by atoms with Crippen molar-refractivity contribution in [2.45, 2.75) is 57.5 Å². The van der Waals surface area contributed by atoms with Crippen LogP contribution in [0.4, 0.5) is 0 Å². The molecule has 0 aliphatic rings. The Morgan fingerprint density at radius 1 is 1.07 bits per heavy atom. The Morgan fingerprint density at radius 2 is 1.57 bits per heavy atom. The van der Waals surface area contributed by atoms with Crippen LogP contribution in [0.3, 0.4) is 0 Å². The molecule has 0 radical (unpaired) electrons. The summed E-state index contributed by atoms with van der Waals surface area (Å²) in [4.78, 5) is 24.2. The number of benzene rings is 2. The van der Waals surface area contributed by atoms with E-state index in [1.165, 1.54) is 0 Å². The SMILES string of the molecule is CCCCOC(=O)[C@@H](N)CCC(C)(C)[Si](O)(c1ccccc1)c1ccccc1. The van der Waals surface area contributed by atoms with Crippen molar-refractivity contribution in [1.82, 2.24) is 0 Å². The zero-order valence-corrected chi connectivity index (χ0v) is 18.2. The molecule has 0 saturated carbocycles. The number of unbranched alkanes of at least 4 members (excludes halogenated alkanes) is 1. The van der Waals surface area contributed by atoms with Crippen LogP contribution < -0.4 is 16.1 Å². The van der Waals surface area contributed by atoms with Crippen molar-refractivity contribution in [1.29, 1.82) is 0 Å². The summed E-state index contributed by atoms with van der Waals surface area (Å²) >= 11 is 0. The Hall–Kier alpha value is -1.95. The van der Waals surface area contributed by atoms with Gasteiger partial charge >= 0.3 is 5.97 Å². The zero-order valence-electron chi connectivity index (χ0n) is 17.2. The molecule has 0 unspecified atom stereocenters. The van der Waals surface area contributed by atoms with E-state index in [2.05, 4.69) is 20.8 Å². The van der Waals surface area contributed by atoms with Gasteiger partial charge in [-0.25, -0.2) is 0 Å². The predicted octanol–water partition coefficient (Wildman–Crippen LogP) is 2.97. The van der Waals surface area contributed by atoms with Gasteiger partial charge < -0.3 is 15.3 Å².